The van der Waals surface area contributed by atoms with E-state index >= 15 is 0 Å². The molecular formula is C12H22O2. The van der Waals surface area contributed by atoms with Crippen LogP contribution in [0.3, 0.4) is 0 Å². The molecule has 0 saturated heterocycles. The second kappa shape index (κ2) is 6.06. The highest BCUT2D eigenvalue weighted by atomic mass is 16.7. The third-order valence-corrected chi connectivity index (χ3v) is 1.45. The maximum atomic E-state index is 5.49. The van der Waals surface area contributed by atoms with E-state index in [4.69, 9.17) is 9.47 Å². The predicted octanol–water partition coefficient (Wildman–Crippen LogP) is 2.82. The molecule has 0 heterocycles. The number of rotatable bonds is 4. The van der Waals surface area contributed by atoms with Crippen LogP contribution in [0.2, 0.25) is 0 Å². The van der Waals surface area contributed by atoms with Crippen LogP contribution in [0.5, 0.6) is 0 Å². The first-order valence-electron chi connectivity index (χ1n) is 5.15. The minimum Gasteiger partial charge on any atom is -0.353 e. The molecule has 0 spiro atoms. The predicted molar refractivity (Wildman–Crippen MR) is 58.9 cm³/mol. The second-order valence-corrected chi connectivity index (χ2v) is 4.32. The van der Waals surface area contributed by atoms with Crippen molar-refractivity contribution in [3.05, 3.63) is 0 Å². The van der Waals surface area contributed by atoms with Crippen LogP contribution in [0.1, 0.15) is 41.5 Å². The third-order valence-electron chi connectivity index (χ3n) is 1.45. The van der Waals surface area contributed by atoms with Gasteiger partial charge in [-0.2, -0.15) is 0 Å². The summed E-state index contributed by atoms with van der Waals surface area (Å²) in [5.74, 6) is 6.20. The molecule has 2 atom stereocenters. The molecule has 0 bridgehead atoms. The van der Waals surface area contributed by atoms with Gasteiger partial charge < -0.3 is 9.47 Å². The van der Waals surface area contributed by atoms with Crippen molar-refractivity contribution in [2.75, 3.05) is 6.61 Å². The Morgan fingerprint density at radius 2 is 1.79 bits per heavy atom. The van der Waals surface area contributed by atoms with Gasteiger partial charge in [-0.05, 0) is 41.5 Å². The first kappa shape index (κ1) is 13.5. The lowest BCUT2D eigenvalue weighted by Gasteiger charge is -2.15. The molecule has 2 heteroatoms. The van der Waals surface area contributed by atoms with E-state index in [-0.39, 0.29) is 17.8 Å². The second-order valence-electron chi connectivity index (χ2n) is 4.32. The molecule has 0 fully saturated rings. The monoisotopic (exact) mass is 198 g/mol. The summed E-state index contributed by atoms with van der Waals surface area (Å²) in [6, 6.07) is 0. The van der Waals surface area contributed by atoms with Gasteiger partial charge >= 0.3 is 0 Å². The minimum absolute atomic E-state index is 0.0342. The highest BCUT2D eigenvalue weighted by Crippen LogP contribution is 2.10. The Morgan fingerprint density at radius 3 is 2.21 bits per heavy atom. The summed E-state index contributed by atoms with van der Waals surface area (Å²) in [6.07, 6.45) is -0.250. The van der Waals surface area contributed by atoms with Gasteiger partial charge in [0.1, 0.15) is 6.10 Å². The Balaban J connectivity index is 3.95. The first-order chi connectivity index (χ1) is 6.35. The van der Waals surface area contributed by atoms with Crippen molar-refractivity contribution in [2.24, 2.45) is 5.41 Å². The van der Waals surface area contributed by atoms with Crippen molar-refractivity contribution in [3.63, 3.8) is 0 Å². The van der Waals surface area contributed by atoms with Gasteiger partial charge in [0.2, 0.25) is 0 Å². The lowest BCUT2D eigenvalue weighted by atomic mass is 9.98. The van der Waals surface area contributed by atoms with Crippen molar-refractivity contribution in [2.45, 2.75) is 53.9 Å². The summed E-state index contributed by atoms with van der Waals surface area (Å²) in [5.41, 5.74) is 0.0342. The molecule has 0 aliphatic heterocycles. The van der Waals surface area contributed by atoms with Crippen LogP contribution in [-0.2, 0) is 9.47 Å². The summed E-state index contributed by atoms with van der Waals surface area (Å²) < 4.78 is 10.7. The van der Waals surface area contributed by atoms with E-state index in [0.717, 1.165) is 0 Å². The van der Waals surface area contributed by atoms with Crippen LogP contribution in [0.15, 0.2) is 0 Å². The molecule has 82 valence electrons. The Kier molecular flexibility index (Phi) is 5.83. The highest BCUT2D eigenvalue weighted by Gasteiger charge is 2.07. The molecule has 0 radical (unpaired) electrons. The summed E-state index contributed by atoms with van der Waals surface area (Å²) in [7, 11) is 0. The standard InChI is InChI=1S/C12H22O2/c1-7-13-11(3)14-10(2)8-9-12(4,5)6/h10-11H,7H2,1-6H3. The zero-order valence-corrected chi connectivity index (χ0v) is 10.2. The van der Waals surface area contributed by atoms with E-state index in [1.807, 2.05) is 20.8 Å². The van der Waals surface area contributed by atoms with Gasteiger partial charge in [-0.3, -0.25) is 0 Å². The van der Waals surface area contributed by atoms with Crippen molar-refractivity contribution < 1.29 is 9.47 Å². The molecule has 0 aliphatic carbocycles. The Morgan fingerprint density at radius 1 is 1.21 bits per heavy atom. The third kappa shape index (κ3) is 8.10. The fraction of sp³-hybridized carbons (Fsp3) is 0.833. The van der Waals surface area contributed by atoms with E-state index in [1.165, 1.54) is 0 Å². The van der Waals surface area contributed by atoms with Crippen molar-refractivity contribution in [1.29, 1.82) is 0 Å². The van der Waals surface area contributed by atoms with Gasteiger partial charge in [0, 0.05) is 12.0 Å². The van der Waals surface area contributed by atoms with E-state index in [9.17, 15) is 0 Å². The van der Waals surface area contributed by atoms with Gasteiger partial charge in [-0.1, -0.05) is 11.8 Å². The lowest BCUT2D eigenvalue weighted by Crippen LogP contribution is -2.19. The lowest BCUT2D eigenvalue weighted by molar-refractivity contribution is -0.139. The van der Waals surface area contributed by atoms with Gasteiger partial charge in [0.25, 0.3) is 0 Å². The SMILES string of the molecule is CCOC(C)OC(C)C#CC(C)(C)C. The normalized spacial score (nSPS) is 15.6. The molecule has 0 aromatic heterocycles. The molecule has 2 nitrogen and oxygen atoms in total. The van der Waals surface area contributed by atoms with Crippen molar-refractivity contribution in [3.8, 4) is 11.8 Å². The molecule has 0 rings (SSSR count). The topological polar surface area (TPSA) is 18.5 Å². The molecular weight excluding hydrogens is 176 g/mol. The van der Waals surface area contributed by atoms with Crippen LogP contribution >= 0.6 is 0 Å². The van der Waals surface area contributed by atoms with Gasteiger partial charge in [0.05, 0.1) is 0 Å². The Bertz CT molecular complexity index is 205. The van der Waals surface area contributed by atoms with Gasteiger partial charge in [-0.25, -0.2) is 0 Å². The molecule has 0 aromatic carbocycles. The van der Waals surface area contributed by atoms with E-state index in [2.05, 4.69) is 32.6 Å². The average molecular weight is 198 g/mol. The number of hydrogen-bond donors (Lipinski definition) is 0. The molecule has 14 heavy (non-hydrogen) atoms. The van der Waals surface area contributed by atoms with E-state index < -0.39 is 0 Å². The minimum atomic E-state index is -0.177. The molecule has 0 aliphatic rings. The molecule has 2 unspecified atom stereocenters. The van der Waals surface area contributed by atoms with Crippen LogP contribution < -0.4 is 0 Å². The summed E-state index contributed by atoms with van der Waals surface area (Å²) >= 11 is 0. The molecule has 0 N–H and O–H groups in total. The number of ether oxygens (including phenoxy) is 2. The average Bonchev–Trinajstić information content (AvgIpc) is 2.00. The van der Waals surface area contributed by atoms with Crippen molar-refractivity contribution in [1.82, 2.24) is 0 Å². The fourth-order valence-electron chi connectivity index (χ4n) is 0.914. The molecule has 0 amide bonds. The smallest absolute Gasteiger partial charge is 0.156 e. The molecule has 0 aromatic rings. The zero-order chi connectivity index (χ0) is 11.2. The summed E-state index contributed by atoms with van der Waals surface area (Å²) in [4.78, 5) is 0. The van der Waals surface area contributed by atoms with Crippen LogP contribution in [0, 0.1) is 17.3 Å². The maximum Gasteiger partial charge on any atom is 0.156 e. The van der Waals surface area contributed by atoms with E-state index in [1.54, 1.807) is 0 Å². The zero-order valence-electron chi connectivity index (χ0n) is 10.2. The van der Waals surface area contributed by atoms with E-state index in [0.29, 0.717) is 6.61 Å². The Hall–Kier alpha value is -0.520. The fourth-order valence-corrected chi connectivity index (χ4v) is 0.914. The van der Waals surface area contributed by atoms with Gasteiger partial charge in [0.15, 0.2) is 6.29 Å². The van der Waals surface area contributed by atoms with Crippen molar-refractivity contribution >= 4 is 0 Å². The summed E-state index contributed by atoms with van der Waals surface area (Å²) in [6.45, 7) is 12.7. The first-order valence-corrected chi connectivity index (χ1v) is 5.15. The Labute approximate surface area is 88.0 Å². The highest BCUT2D eigenvalue weighted by molar-refractivity contribution is 5.10. The maximum absolute atomic E-state index is 5.49. The van der Waals surface area contributed by atoms with Gasteiger partial charge in [-0.15, -0.1) is 0 Å². The quantitative estimate of drug-likeness (QED) is 0.511. The molecule has 0 saturated carbocycles. The largest absolute Gasteiger partial charge is 0.353 e. The number of hydrogen-bond acceptors (Lipinski definition) is 2. The van der Waals surface area contributed by atoms with Crippen LogP contribution in [0.4, 0.5) is 0 Å². The van der Waals surface area contributed by atoms with Crippen LogP contribution in [0.25, 0.3) is 0 Å². The van der Waals surface area contributed by atoms with Crippen LogP contribution in [-0.4, -0.2) is 19.0 Å². The summed E-state index contributed by atoms with van der Waals surface area (Å²) in [5, 5.41) is 0.